The standard InChI is InChI=1S/C10H20O2/c1-2-9-12-10-7-5-3-4-6-8-11/h8H,2-7,9-10H2,1H3. The Morgan fingerprint density at radius 2 is 1.83 bits per heavy atom. The minimum absolute atomic E-state index is 0.718. The Kier molecular flexibility index (Phi) is 10.3. The lowest BCUT2D eigenvalue weighted by molar-refractivity contribution is -0.107. The molecule has 2 nitrogen and oxygen atoms in total. The van der Waals surface area contributed by atoms with Crippen LogP contribution in [0.25, 0.3) is 0 Å². The van der Waals surface area contributed by atoms with E-state index in [1.807, 2.05) is 0 Å². The number of rotatable bonds is 9. The molecule has 2 heteroatoms. The van der Waals surface area contributed by atoms with Crippen molar-refractivity contribution in [2.24, 2.45) is 0 Å². The topological polar surface area (TPSA) is 26.3 Å². The van der Waals surface area contributed by atoms with Crippen molar-refractivity contribution in [2.45, 2.75) is 45.4 Å². The SMILES string of the molecule is CCCOCCCCCCC=O. The van der Waals surface area contributed by atoms with Crippen molar-refractivity contribution in [3.63, 3.8) is 0 Å². The number of unbranched alkanes of at least 4 members (excludes halogenated alkanes) is 4. The van der Waals surface area contributed by atoms with Crippen LogP contribution in [-0.2, 0) is 9.53 Å². The van der Waals surface area contributed by atoms with Crippen LogP contribution in [0, 0.1) is 0 Å². The molecule has 0 aromatic rings. The van der Waals surface area contributed by atoms with E-state index in [9.17, 15) is 4.79 Å². The highest BCUT2D eigenvalue weighted by Crippen LogP contribution is 2.01. The van der Waals surface area contributed by atoms with E-state index in [2.05, 4.69) is 6.92 Å². The highest BCUT2D eigenvalue weighted by molar-refractivity contribution is 5.48. The highest BCUT2D eigenvalue weighted by Gasteiger charge is 1.89. The van der Waals surface area contributed by atoms with Gasteiger partial charge in [0.1, 0.15) is 6.29 Å². The zero-order chi connectivity index (χ0) is 9.07. The number of hydrogen-bond donors (Lipinski definition) is 0. The molecule has 0 fully saturated rings. The van der Waals surface area contributed by atoms with E-state index in [1.165, 1.54) is 6.42 Å². The van der Waals surface area contributed by atoms with Crippen molar-refractivity contribution in [2.75, 3.05) is 13.2 Å². The molecule has 0 saturated heterocycles. The minimum Gasteiger partial charge on any atom is -0.381 e. The van der Waals surface area contributed by atoms with Crippen LogP contribution in [0.2, 0.25) is 0 Å². The summed E-state index contributed by atoms with van der Waals surface area (Å²) in [6.45, 7) is 3.88. The summed E-state index contributed by atoms with van der Waals surface area (Å²) in [4.78, 5) is 9.95. The van der Waals surface area contributed by atoms with Crippen molar-refractivity contribution < 1.29 is 9.53 Å². The largest absolute Gasteiger partial charge is 0.381 e. The van der Waals surface area contributed by atoms with E-state index in [0.717, 1.165) is 51.6 Å². The van der Waals surface area contributed by atoms with Crippen LogP contribution >= 0.6 is 0 Å². The summed E-state index contributed by atoms with van der Waals surface area (Å²) in [6, 6.07) is 0. The Bertz CT molecular complexity index is 91.8. The predicted octanol–water partition coefficient (Wildman–Crippen LogP) is 2.56. The summed E-state index contributed by atoms with van der Waals surface area (Å²) in [7, 11) is 0. The fourth-order valence-corrected chi connectivity index (χ4v) is 1.03. The maximum atomic E-state index is 9.95. The molecule has 0 atom stereocenters. The van der Waals surface area contributed by atoms with Crippen molar-refractivity contribution in [1.82, 2.24) is 0 Å². The third kappa shape index (κ3) is 9.63. The lowest BCUT2D eigenvalue weighted by Gasteiger charge is -2.01. The van der Waals surface area contributed by atoms with Gasteiger partial charge in [0.05, 0.1) is 0 Å². The van der Waals surface area contributed by atoms with E-state index in [4.69, 9.17) is 4.74 Å². The smallest absolute Gasteiger partial charge is 0.119 e. The van der Waals surface area contributed by atoms with Crippen LogP contribution in [0.4, 0.5) is 0 Å². The predicted molar refractivity (Wildman–Crippen MR) is 50.3 cm³/mol. The molecule has 12 heavy (non-hydrogen) atoms. The van der Waals surface area contributed by atoms with E-state index in [-0.39, 0.29) is 0 Å². The van der Waals surface area contributed by atoms with Gasteiger partial charge in [-0.15, -0.1) is 0 Å². The van der Waals surface area contributed by atoms with E-state index >= 15 is 0 Å². The first-order valence-electron chi connectivity index (χ1n) is 4.93. The number of aldehydes is 1. The minimum atomic E-state index is 0.718. The molecule has 0 aliphatic carbocycles. The van der Waals surface area contributed by atoms with Gasteiger partial charge in [0, 0.05) is 19.6 Å². The highest BCUT2D eigenvalue weighted by atomic mass is 16.5. The second kappa shape index (κ2) is 10.6. The van der Waals surface area contributed by atoms with Gasteiger partial charge in [-0.1, -0.05) is 19.8 Å². The zero-order valence-corrected chi connectivity index (χ0v) is 8.05. The number of ether oxygens (including phenoxy) is 1. The summed E-state index contributed by atoms with van der Waals surface area (Å²) in [5.74, 6) is 0. The van der Waals surface area contributed by atoms with Crippen LogP contribution in [0.5, 0.6) is 0 Å². The third-order valence-corrected chi connectivity index (χ3v) is 1.71. The zero-order valence-electron chi connectivity index (χ0n) is 8.05. The van der Waals surface area contributed by atoms with Crippen LogP contribution in [0.3, 0.4) is 0 Å². The molecule has 0 bridgehead atoms. The average molecular weight is 172 g/mol. The lowest BCUT2D eigenvalue weighted by atomic mass is 10.2. The molecule has 0 N–H and O–H groups in total. The molecule has 0 spiro atoms. The average Bonchev–Trinajstić information content (AvgIpc) is 2.10. The van der Waals surface area contributed by atoms with Crippen molar-refractivity contribution in [1.29, 1.82) is 0 Å². The first-order chi connectivity index (χ1) is 5.91. The van der Waals surface area contributed by atoms with Gasteiger partial charge < -0.3 is 9.53 Å². The first kappa shape index (κ1) is 11.6. The van der Waals surface area contributed by atoms with Gasteiger partial charge in [0.2, 0.25) is 0 Å². The molecule has 0 radical (unpaired) electrons. The Balaban J connectivity index is 2.77. The van der Waals surface area contributed by atoms with Gasteiger partial charge in [-0.25, -0.2) is 0 Å². The van der Waals surface area contributed by atoms with Crippen LogP contribution in [0.1, 0.15) is 45.4 Å². The maximum Gasteiger partial charge on any atom is 0.119 e. The van der Waals surface area contributed by atoms with Crippen LogP contribution in [0.15, 0.2) is 0 Å². The van der Waals surface area contributed by atoms with Gasteiger partial charge in [-0.2, -0.15) is 0 Å². The number of carbonyl (C=O) groups is 1. The normalized spacial score (nSPS) is 10.1. The van der Waals surface area contributed by atoms with Gasteiger partial charge in [0.15, 0.2) is 0 Å². The Morgan fingerprint density at radius 1 is 1.08 bits per heavy atom. The molecule has 0 aliphatic rings. The fraction of sp³-hybridized carbons (Fsp3) is 0.900. The van der Waals surface area contributed by atoms with Crippen LogP contribution < -0.4 is 0 Å². The Morgan fingerprint density at radius 3 is 2.50 bits per heavy atom. The fourth-order valence-electron chi connectivity index (χ4n) is 1.03. The van der Waals surface area contributed by atoms with Gasteiger partial charge >= 0.3 is 0 Å². The van der Waals surface area contributed by atoms with Crippen molar-refractivity contribution in [3.05, 3.63) is 0 Å². The molecule has 0 rings (SSSR count). The van der Waals surface area contributed by atoms with E-state index < -0.39 is 0 Å². The number of hydrogen-bond acceptors (Lipinski definition) is 2. The first-order valence-corrected chi connectivity index (χ1v) is 4.93. The molecule has 0 heterocycles. The van der Waals surface area contributed by atoms with E-state index in [1.54, 1.807) is 0 Å². The van der Waals surface area contributed by atoms with E-state index in [0.29, 0.717) is 0 Å². The van der Waals surface area contributed by atoms with Crippen molar-refractivity contribution in [3.8, 4) is 0 Å². The summed E-state index contributed by atoms with van der Waals surface area (Å²) in [5, 5.41) is 0. The van der Waals surface area contributed by atoms with Crippen molar-refractivity contribution >= 4 is 6.29 Å². The number of carbonyl (C=O) groups excluding carboxylic acids is 1. The quantitative estimate of drug-likeness (QED) is 0.394. The molecule has 0 aromatic carbocycles. The third-order valence-electron chi connectivity index (χ3n) is 1.71. The molecule has 72 valence electrons. The molecule has 0 saturated carbocycles. The summed E-state index contributed by atoms with van der Waals surface area (Å²) in [6.07, 6.45) is 7.34. The van der Waals surface area contributed by atoms with Crippen LogP contribution in [-0.4, -0.2) is 19.5 Å². The monoisotopic (exact) mass is 172 g/mol. The molecular weight excluding hydrogens is 152 g/mol. The molecule has 0 unspecified atom stereocenters. The Hall–Kier alpha value is -0.370. The molecule has 0 aromatic heterocycles. The lowest BCUT2D eigenvalue weighted by Crippen LogP contribution is -1.95. The molecule has 0 aliphatic heterocycles. The second-order valence-corrected chi connectivity index (χ2v) is 2.98. The van der Waals surface area contributed by atoms with Gasteiger partial charge in [-0.3, -0.25) is 0 Å². The maximum absolute atomic E-state index is 9.95. The summed E-state index contributed by atoms with van der Waals surface area (Å²) in [5.41, 5.74) is 0. The molecular formula is C10H20O2. The van der Waals surface area contributed by atoms with Gasteiger partial charge in [0.25, 0.3) is 0 Å². The summed E-state index contributed by atoms with van der Waals surface area (Å²) < 4.78 is 5.32. The summed E-state index contributed by atoms with van der Waals surface area (Å²) >= 11 is 0. The Labute approximate surface area is 75.3 Å². The van der Waals surface area contributed by atoms with Gasteiger partial charge in [-0.05, 0) is 19.3 Å². The molecule has 0 amide bonds. The second-order valence-electron chi connectivity index (χ2n) is 2.98.